The average Bonchev–Trinajstić information content (AvgIpc) is 2.38. The molecule has 0 aromatic heterocycles. The molecule has 0 radical (unpaired) electrons. The molecule has 1 aliphatic carbocycles. The number of urea groups is 1. The van der Waals surface area contributed by atoms with Gasteiger partial charge < -0.3 is 15.3 Å². The van der Waals surface area contributed by atoms with Crippen LogP contribution in [0.2, 0.25) is 0 Å². The van der Waals surface area contributed by atoms with Crippen LogP contribution in [0.3, 0.4) is 0 Å². The fourth-order valence-corrected chi connectivity index (χ4v) is 2.27. The minimum atomic E-state index is -1.03. The second-order valence-corrected chi connectivity index (χ2v) is 4.77. The van der Waals surface area contributed by atoms with Gasteiger partial charge in [-0.25, -0.2) is 9.59 Å². The molecule has 1 atom stereocenters. The molecule has 18 heavy (non-hydrogen) atoms. The third-order valence-corrected chi connectivity index (χ3v) is 3.44. The van der Waals surface area contributed by atoms with Gasteiger partial charge in [0, 0.05) is 13.1 Å². The molecule has 5 heteroatoms. The lowest BCUT2D eigenvalue weighted by atomic mass is 9.95. The van der Waals surface area contributed by atoms with Crippen molar-refractivity contribution in [3.63, 3.8) is 0 Å². The van der Waals surface area contributed by atoms with E-state index in [2.05, 4.69) is 11.9 Å². The van der Waals surface area contributed by atoms with E-state index in [1.807, 2.05) is 0 Å². The molecule has 0 saturated heterocycles. The van der Waals surface area contributed by atoms with E-state index in [4.69, 9.17) is 5.11 Å². The monoisotopic (exact) mass is 254 g/mol. The molecule has 0 spiro atoms. The molecule has 1 saturated carbocycles. The van der Waals surface area contributed by atoms with Crippen LogP contribution in [0.25, 0.3) is 0 Å². The first-order valence-corrected chi connectivity index (χ1v) is 6.43. The molecule has 1 unspecified atom stereocenters. The number of rotatable bonds is 5. The maximum atomic E-state index is 11.9. The molecule has 1 rings (SSSR count). The highest BCUT2D eigenvalue weighted by atomic mass is 16.4. The summed E-state index contributed by atoms with van der Waals surface area (Å²) in [6, 6.07) is -0.964. The Labute approximate surface area is 108 Å². The summed E-state index contributed by atoms with van der Waals surface area (Å²) in [7, 11) is 1.73. The van der Waals surface area contributed by atoms with Gasteiger partial charge in [0.2, 0.25) is 0 Å². The predicted octanol–water partition coefficient (Wildman–Crippen LogP) is 1.99. The lowest BCUT2D eigenvalue weighted by molar-refractivity contribution is -0.139. The Morgan fingerprint density at radius 2 is 2.06 bits per heavy atom. The highest BCUT2D eigenvalue weighted by molar-refractivity contribution is 5.82. The SMILES string of the molecule is C=CCC(NC(=O)N(C)C1CCCCC1)C(=O)O. The van der Waals surface area contributed by atoms with Crippen LogP contribution in [0.4, 0.5) is 4.79 Å². The minimum absolute atomic E-state index is 0.233. The van der Waals surface area contributed by atoms with Gasteiger partial charge in [0.05, 0.1) is 0 Å². The zero-order valence-electron chi connectivity index (χ0n) is 10.9. The molecule has 2 amide bonds. The predicted molar refractivity (Wildman–Crippen MR) is 69.4 cm³/mol. The first-order valence-electron chi connectivity index (χ1n) is 6.43. The maximum absolute atomic E-state index is 11.9. The van der Waals surface area contributed by atoms with Gasteiger partial charge in [-0.15, -0.1) is 6.58 Å². The normalized spacial score (nSPS) is 17.8. The number of nitrogens with one attached hydrogen (secondary N) is 1. The zero-order chi connectivity index (χ0) is 13.5. The molecule has 0 aromatic rings. The van der Waals surface area contributed by atoms with Crippen LogP contribution >= 0.6 is 0 Å². The lowest BCUT2D eigenvalue weighted by Crippen LogP contribution is -2.50. The lowest BCUT2D eigenvalue weighted by Gasteiger charge is -2.32. The summed E-state index contributed by atoms with van der Waals surface area (Å²) in [4.78, 5) is 24.5. The zero-order valence-corrected chi connectivity index (χ0v) is 10.9. The van der Waals surface area contributed by atoms with Crippen molar-refractivity contribution in [2.45, 2.75) is 50.6 Å². The van der Waals surface area contributed by atoms with Crippen LogP contribution in [0.15, 0.2) is 12.7 Å². The summed E-state index contributed by atoms with van der Waals surface area (Å²) in [6.45, 7) is 3.50. The van der Waals surface area contributed by atoms with Crippen LogP contribution in [0.1, 0.15) is 38.5 Å². The fraction of sp³-hybridized carbons (Fsp3) is 0.692. The van der Waals surface area contributed by atoms with E-state index in [0.29, 0.717) is 0 Å². The van der Waals surface area contributed by atoms with Crippen LogP contribution in [0, 0.1) is 0 Å². The van der Waals surface area contributed by atoms with E-state index in [9.17, 15) is 9.59 Å². The number of hydrogen-bond acceptors (Lipinski definition) is 2. The number of carboxylic acids is 1. The molecular formula is C13H22N2O3. The number of hydrogen-bond donors (Lipinski definition) is 2. The number of aliphatic carboxylic acids is 1. The van der Waals surface area contributed by atoms with Gasteiger partial charge >= 0.3 is 12.0 Å². The highest BCUT2D eigenvalue weighted by Gasteiger charge is 2.25. The summed E-state index contributed by atoms with van der Waals surface area (Å²) in [5, 5.41) is 11.5. The summed E-state index contributed by atoms with van der Waals surface area (Å²) < 4.78 is 0. The Kier molecular flexibility index (Phi) is 5.68. The Bertz CT molecular complexity index is 311. The third-order valence-electron chi connectivity index (χ3n) is 3.44. The second kappa shape index (κ2) is 7.03. The molecule has 0 heterocycles. The van der Waals surface area contributed by atoms with E-state index in [1.165, 1.54) is 12.5 Å². The Morgan fingerprint density at radius 1 is 1.44 bits per heavy atom. The Balaban J connectivity index is 2.51. The van der Waals surface area contributed by atoms with Gasteiger partial charge in [0.1, 0.15) is 6.04 Å². The maximum Gasteiger partial charge on any atom is 0.326 e. The fourth-order valence-electron chi connectivity index (χ4n) is 2.27. The van der Waals surface area contributed by atoms with Crippen molar-refractivity contribution < 1.29 is 14.7 Å². The van der Waals surface area contributed by atoms with E-state index in [0.717, 1.165) is 25.7 Å². The van der Waals surface area contributed by atoms with Crippen molar-refractivity contribution in [2.75, 3.05) is 7.05 Å². The average molecular weight is 254 g/mol. The number of carboxylic acid groups (broad SMARTS) is 1. The molecule has 5 nitrogen and oxygen atoms in total. The van der Waals surface area contributed by atoms with E-state index in [1.54, 1.807) is 11.9 Å². The highest BCUT2D eigenvalue weighted by Crippen LogP contribution is 2.21. The van der Waals surface area contributed by atoms with Crippen molar-refractivity contribution >= 4 is 12.0 Å². The Hall–Kier alpha value is -1.52. The topological polar surface area (TPSA) is 69.6 Å². The van der Waals surface area contributed by atoms with Crippen LogP contribution in [0.5, 0.6) is 0 Å². The summed E-state index contributed by atoms with van der Waals surface area (Å²) >= 11 is 0. The van der Waals surface area contributed by atoms with Crippen molar-refractivity contribution in [1.82, 2.24) is 10.2 Å². The summed E-state index contributed by atoms with van der Waals surface area (Å²) in [5.74, 6) is -1.03. The van der Waals surface area contributed by atoms with Crippen LogP contribution in [-0.4, -0.2) is 41.1 Å². The smallest absolute Gasteiger partial charge is 0.326 e. The van der Waals surface area contributed by atoms with Gasteiger partial charge in [0.25, 0.3) is 0 Å². The van der Waals surface area contributed by atoms with Gasteiger partial charge in [0.15, 0.2) is 0 Å². The van der Waals surface area contributed by atoms with Crippen molar-refractivity contribution in [3.05, 3.63) is 12.7 Å². The van der Waals surface area contributed by atoms with Crippen molar-refractivity contribution in [1.29, 1.82) is 0 Å². The first-order chi connectivity index (χ1) is 8.56. The van der Waals surface area contributed by atoms with Crippen molar-refractivity contribution in [3.8, 4) is 0 Å². The summed E-state index contributed by atoms with van der Waals surface area (Å²) in [5.41, 5.74) is 0. The second-order valence-electron chi connectivity index (χ2n) is 4.77. The molecule has 1 aliphatic rings. The number of nitrogens with zero attached hydrogens (tertiary/aromatic N) is 1. The molecule has 0 bridgehead atoms. The van der Waals surface area contributed by atoms with Gasteiger partial charge in [-0.1, -0.05) is 25.3 Å². The molecular weight excluding hydrogens is 232 g/mol. The molecule has 0 aliphatic heterocycles. The first kappa shape index (κ1) is 14.5. The molecule has 1 fully saturated rings. The molecule has 2 N–H and O–H groups in total. The summed E-state index contributed by atoms with van der Waals surface area (Å²) in [6.07, 6.45) is 7.24. The van der Waals surface area contributed by atoms with Gasteiger partial charge in [-0.3, -0.25) is 0 Å². The number of amides is 2. The van der Waals surface area contributed by atoms with Gasteiger partial charge in [-0.05, 0) is 19.3 Å². The van der Waals surface area contributed by atoms with Crippen molar-refractivity contribution in [2.24, 2.45) is 0 Å². The largest absolute Gasteiger partial charge is 0.480 e. The molecule has 102 valence electrons. The quantitative estimate of drug-likeness (QED) is 0.737. The molecule has 0 aromatic carbocycles. The minimum Gasteiger partial charge on any atom is -0.480 e. The number of carbonyl (C=O) groups is 2. The standard InChI is InChI=1S/C13H22N2O3/c1-3-7-11(12(16)17)14-13(18)15(2)10-8-5-4-6-9-10/h3,10-11H,1,4-9H2,2H3,(H,14,18)(H,16,17). The van der Waals surface area contributed by atoms with E-state index < -0.39 is 12.0 Å². The van der Waals surface area contributed by atoms with Crippen LogP contribution < -0.4 is 5.32 Å². The van der Waals surface area contributed by atoms with E-state index >= 15 is 0 Å². The third kappa shape index (κ3) is 4.05. The van der Waals surface area contributed by atoms with E-state index in [-0.39, 0.29) is 18.5 Å². The Morgan fingerprint density at radius 3 is 2.56 bits per heavy atom. The van der Waals surface area contributed by atoms with Gasteiger partial charge in [-0.2, -0.15) is 0 Å². The van der Waals surface area contributed by atoms with Crippen LogP contribution in [-0.2, 0) is 4.79 Å². The number of carbonyl (C=O) groups excluding carboxylic acids is 1.